The van der Waals surface area contributed by atoms with Gasteiger partial charge < -0.3 is 0 Å². The average molecular weight is 410 g/mol. The summed E-state index contributed by atoms with van der Waals surface area (Å²) in [6.07, 6.45) is -4.50. The number of aromatic nitrogens is 2. The van der Waals surface area contributed by atoms with Crippen LogP contribution in [0, 0.1) is 0 Å². The Morgan fingerprint density at radius 2 is 2.08 bits per heavy atom. The number of hydrogen-bond donors (Lipinski definition) is 1. The fourth-order valence-corrected chi connectivity index (χ4v) is 3.31. The summed E-state index contributed by atoms with van der Waals surface area (Å²) in [5.41, 5.74) is -0.907. The summed E-state index contributed by atoms with van der Waals surface area (Å²) < 4.78 is 38.4. The number of Topliss-reactive ketones (excluding diaryl/α,β-unsaturated/α-hetero) is 1. The molecular weight excluding hydrogens is 399 g/mol. The molecule has 0 aliphatic rings. The quantitative estimate of drug-likeness (QED) is 0.336. The minimum absolute atomic E-state index is 0.0312. The summed E-state index contributed by atoms with van der Waals surface area (Å²) in [4.78, 5) is 23.5. The Hall–Kier alpha value is -1.65. The Labute approximate surface area is 154 Å². The van der Waals surface area contributed by atoms with Crippen molar-refractivity contribution in [1.29, 1.82) is 0 Å². The zero-order chi connectivity index (χ0) is 18.6. The molecule has 0 radical (unpaired) electrons. The van der Waals surface area contributed by atoms with E-state index in [9.17, 15) is 22.8 Å². The van der Waals surface area contributed by atoms with Crippen molar-refractivity contribution in [1.82, 2.24) is 10.2 Å². The lowest BCUT2D eigenvalue weighted by molar-refractivity contribution is -0.137. The molecule has 11 heteroatoms. The molecule has 1 N–H and O–H groups in total. The number of ketones is 1. The molecule has 0 fully saturated rings. The fraction of sp³-hybridized carbons (Fsp3) is 0.286. The highest BCUT2D eigenvalue weighted by Gasteiger charge is 2.30. The van der Waals surface area contributed by atoms with Crippen LogP contribution in [0.15, 0.2) is 28.6 Å². The van der Waals surface area contributed by atoms with E-state index in [4.69, 9.17) is 11.6 Å². The first-order valence-electron chi connectivity index (χ1n) is 6.78. The molecule has 0 aliphatic carbocycles. The largest absolute Gasteiger partial charge is 0.416 e. The van der Waals surface area contributed by atoms with E-state index in [-0.39, 0.29) is 16.4 Å². The van der Waals surface area contributed by atoms with Crippen LogP contribution in [-0.2, 0) is 11.0 Å². The molecule has 1 amide bonds. The van der Waals surface area contributed by atoms with Gasteiger partial charge in [0.2, 0.25) is 11.0 Å². The molecule has 0 spiro atoms. The van der Waals surface area contributed by atoms with Crippen molar-refractivity contribution in [2.45, 2.75) is 22.8 Å². The highest BCUT2D eigenvalue weighted by Crippen LogP contribution is 2.30. The van der Waals surface area contributed by atoms with Crippen molar-refractivity contribution in [3.63, 3.8) is 0 Å². The van der Waals surface area contributed by atoms with E-state index < -0.39 is 28.8 Å². The standard InChI is InChI=1S/C14H11ClF3N3O2S2/c1-7(15)11(23)19-12-20-21-13(25-12)24-6-10(22)8-3-2-4-9(5-8)14(16,17)18/h2-5,7H,6H2,1H3,(H,19,20,23)/t7-/m0/s1. The lowest BCUT2D eigenvalue weighted by Crippen LogP contribution is -2.20. The maximum atomic E-state index is 12.7. The number of anilines is 1. The van der Waals surface area contributed by atoms with Crippen LogP contribution in [0.2, 0.25) is 0 Å². The van der Waals surface area contributed by atoms with Crippen molar-refractivity contribution in [2.75, 3.05) is 11.1 Å². The molecule has 1 heterocycles. The molecule has 0 saturated carbocycles. The number of alkyl halides is 4. The van der Waals surface area contributed by atoms with Crippen molar-refractivity contribution >= 4 is 51.5 Å². The smallest absolute Gasteiger partial charge is 0.299 e. The predicted octanol–water partition coefficient (Wildman–Crippen LogP) is 4.10. The van der Waals surface area contributed by atoms with Gasteiger partial charge in [0.25, 0.3) is 0 Å². The zero-order valence-corrected chi connectivity index (χ0v) is 15.0. The number of benzene rings is 1. The first-order chi connectivity index (χ1) is 11.7. The van der Waals surface area contributed by atoms with Gasteiger partial charge in [-0.2, -0.15) is 13.2 Å². The lowest BCUT2D eigenvalue weighted by atomic mass is 10.1. The van der Waals surface area contributed by atoms with Crippen LogP contribution < -0.4 is 5.32 Å². The van der Waals surface area contributed by atoms with Gasteiger partial charge in [-0.25, -0.2) is 0 Å². The van der Waals surface area contributed by atoms with Gasteiger partial charge in [-0.05, 0) is 19.1 Å². The number of carbonyl (C=O) groups excluding carboxylic acids is 2. The van der Waals surface area contributed by atoms with Crippen LogP contribution >= 0.6 is 34.7 Å². The second-order valence-corrected chi connectivity index (χ2v) is 7.62. The van der Waals surface area contributed by atoms with Crippen LogP contribution in [-0.4, -0.2) is 33.0 Å². The Kier molecular flexibility index (Phi) is 6.42. The third-order valence-electron chi connectivity index (χ3n) is 2.84. The SMILES string of the molecule is C[C@H](Cl)C(=O)Nc1nnc(SCC(=O)c2cccc(C(F)(F)F)c2)s1. The summed E-state index contributed by atoms with van der Waals surface area (Å²) in [5.74, 6) is -1.00. The van der Waals surface area contributed by atoms with Gasteiger partial charge >= 0.3 is 6.18 Å². The number of rotatable bonds is 6. The molecule has 0 bridgehead atoms. The van der Waals surface area contributed by atoms with Crippen LogP contribution in [0.1, 0.15) is 22.8 Å². The molecule has 1 atom stereocenters. The Morgan fingerprint density at radius 3 is 2.72 bits per heavy atom. The summed E-state index contributed by atoms with van der Waals surface area (Å²) in [6.45, 7) is 1.50. The molecule has 1 aromatic carbocycles. The van der Waals surface area contributed by atoms with E-state index in [2.05, 4.69) is 15.5 Å². The van der Waals surface area contributed by atoms with Gasteiger partial charge in [0, 0.05) is 5.56 Å². The second kappa shape index (κ2) is 8.15. The molecular formula is C14H11ClF3N3O2S2. The summed E-state index contributed by atoms with van der Waals surface area (Å²) in [7, 11) is 0. The summed E-state index contributed by atoms with van der Waals surface area (Å²) >= 11 is 7.68. The number of hydrogen-bond acceptors (Lipinski definition) is 6. The van der Waals surface area contributed by atoms with E-state index in [1.54, 1.807) is 0 Å². The molecule has 1 aromatic heterocycles. The van der Waals surface area contributed by atoms with E-state index in [0.717, 1.165) is 35.2 Å². The van der Waals surface area contributed by atoms with E-state index in [1.165, 1.54) is 19.1 Å². The molecule has 0 unspecified atom stereocenters. The summed E-state index contributed by atoms with van der Waals surface area (Å²) in [6, 6.07) is 4.23. The molecule has 134 valence electrons. The number of amides is 1. The van der Waals surface area contributed by atoms with Gasteiger partial charge in [0.05, 0.1) is 11.3 Å². The van der Waals surface area contributed by atoms with E-state index >= 15 is 0 Å². The number of nitrogens with zero attached hydrogens (tertiary/aromatic N) is 2. The molecule has 2 rings (SSSR count). The highest BCUT2D eigenvalue weighted by atomic mass is 35.5. The monoisotopic (exact) mass is 409 g/mol. The topological polar surface area (TPSA) is 72.0 Å². The maximum absolute atomic E-state index is 12.7. The number of carbonyl (C=O) groups is 2. The summed E-state index contributed by atoms with van der Waals surface area (Å²) in [5, 5.41) is 9.48. The van der Waals surface area contributed by atoms with Crippen LogP contribution in [0.5, 0.6) is 0 Å². The first kappa shape index (κ1) is 19.7. The van der Waals surface area contributed by atoms with Gasteiger partial charge in [0.15, 0.2) is 10.1 Å². The predicted molar refractivity (Wildman–Crippen MR) is 90.4 cm³/mol. The van der Waals surface area contributed by atoms with Crippen LogP contribution in [0.25, 0.3) is 0 Å². The van der Waals surface area contributed by atoms with Crippen molar-refractivity contribution in [3.8, 4) is 0 Å². The van der Waals surface area contributed by atoms with Crippen molar-refractivity contribution < 1.29 is 22.8 Å². The van der Waals surface area contributed by atoms with E-state index in [0.29, 0.717) is 4.34 Å². The molecule has 0 aliphatic heterocycles. The van der Waals surface area contributed by atoms with Gasteiger partial charge in [0.1, 0.15) is 5.38 Å². The van der Waals surface area contributed by atoms with Gasteiger partial charge in [-0.15, -0.1) is 21.8 Å². The lowest BCUT2D eigenvalue weighted by Gasteiger charge is -2.07. The Morgan fingerprint density at radius 1 is 1.36 bits per heavy atom. The third kappa shape index (κ3) is 5.68. The number of nitrogens with one attached hydrogen (secondary N) is 1. The Bertz CT molecular complexity index is 781. The van der Waals surface area contributed by atoms with Crippen LogP contribution in [0.4, 0.5) is 18.3 Å². The normalized spacial score (nSPS) is 12.7. The van der Waals surface area contributed by atoms with E-state index in [1.807, 2.05) is 0 Å². The van der Waals surface area contributed by atoms with Crippen molar-refractivity contribution in [2.24, 2.45) is 0 Å². The third-order valence-corrected chi connectivity index (χ3v) is 5.01. The Balaban J connectivity index is 1.97. The highest BCUT2D eigenvalue weighted by molar-refractivity contribution is 8.01. The maximum Gasteiger partial charge on any atom is 0.416 e. The average Bonchev–Trinajstić information content (AvgIpc) is 2.99. The molecule has 2 aromatic rings. The second-order valence-electron chi connectivity index (χ2n) is 4.77. The van der Waals surface area contributed by atoms with Crippen LogP contribution in [0.3, 0.4) is 0 Å². The van der Waals surface area contributed by atoms with Crippen molar-refractivity contribution in [3.05, 3.63) is 35.4 Å². The minimum atomic E-state index is -4.50. The zero-order valence-electron chi connectivity index (χ0n) is 12.6. The van der Waals surface area contributed by atoms with Gasteiger partial charge in [-0.3, -0.25) is 14.9 Å². The minimum Gasteiger partial charge on any atom is -0.299 e. The molecule has 5 nitrogen and oxygen atoms in total. The first-order valence-corrected chi connectivity index (χ1v) is 9.02. The fourth-order valence-electron chi connectivity index (χ4n) is 1.60. The van der Waals surface area contributed by atoms with Gasteiger partial charge in [-0.1, -0.05) is 35.2 Å². The number of halogens is 4. The molecule has 25 heavy (non-hydrogen) atoms. The molecule has 0 saturated heterocycles. The number of thioether (sulfide) groups is 1.